The van der Waals surface area contributed by atoms with Gasteiger partial charge in [-0.1, -0.05) is 42.5 Å². The van der Waals surface area contributed by atoms with E-state index in [0.717, 1.165) is 30.2 Å². The van der Waals surface area contributed by atoms with Gasteiger partial charge in [-0.2, -0.15) is 0 Å². The Hall–Kier alpha value is -2.88. The molecular weight excluding hydrogens is 312 g/mol. The van der Waals surface area contributed by atoms with Crippen molar-refractivity contribution in [3.63, 3.8) is 0 Å². The average molecular weight is 332 g/mol. The van der Waals surface area contributed by atoms with Crippen LogP contribution in [0.5, 0.6) is 5.75 Å². The van der Waals surface area contributed by atoms with E-state index in [-0.39, 0.29) is 17.7 Å². The summed E-state index contributed by atoms with van der Waals surface area (Å²) in [5.41, 5.74) is 1.95. The van der Waals surface area contributed by atoms with Crippen molar-refractivity contribution in [3.8, 4) is 5.75 Å². The van der Waals surface area contributed by atoms with Crippen LogP contribution in [0, 0.1) is 0 Å². The van der Waals surface area contributed by atoms with Gasteiger partial charge in [-0.05, 0) is 37.0 Å². The molecule has 2 aromatic carbocycles. The van der Waals surface area contributed by atoms with Gasteiger partial charge in [0.2, 0.25) is 0 Å². The molecule has 25 heavy (non-hydrogen) atoms. The van der Waals surface area contributed by atoms with Gasteiger partial charge in [-0.25, -0.2) is 0 Å². The van der Waals surface area contributed by atoms with E-state index in [2.05, 4.69) is 17.1 Å². The van der Waals surface area contributed by atoms with Crippen LogP contribution in [0.1, 0.15) is 41.2 Å². The molecule has 1 amide bonds. The molecule has 1 fully saturated rings. The minimum Gasteiger partial charge on any atom is -0.505 e. The molecule has 1 unspecified atom stereocenters. The maximum Gasteiger partial charge on any atom is 0.258 e. The molecule has 3 aromatic rings. The van der Waals surface area contributed by atoms with Crippen molar-refractivity contribution >= 4 is 16.8 Å². The number of aromatic hydroxyl groups is 1. The number of amides is 1. The number of hydrogen-bond donors (Lipinski definition) is 1. The molecule has 4 heteroatoms. The zero-order valence-corrected chi connectivity index (χ0v) is 13.9. The van der Waals surface area contributed by atoms with E-state index < -0.39 is 0 Å². The Morgan fingerprint density at radius 1 is 1.04 bits per heavy atom. The summed E-state index contributed by atoms with van der Waals surface area (Å²) >= 11 is 0. The molecule has 1 aliphatic heterocycles. The van der Waals surface area contributed by atoms with E-state index in [4.69, 9.17) is 0 Å². The Balaban J connectivity index is 1.73. The molecule has 1 aliphatic rings. The number of phenolic OH excluding ortho intramolecular Hbond substituents is 1. The lowest BCUT2D eigenvalue weighted by Crippen LogP contribution is -2.38. The van der Waals surface area contributed by atoms with Gasteiger partial charge in [0.1, 0.15) is 5.52 Å². The number of carbonyl (C=O) groups is 1. The second-order valence-electron chi connectivity index (χ2n) is 6.46. The summed E-state index contributed by atoms with van der Waals surface area (Å²) in [5.74, 6) is -0.154. The summed E-state index contributed by atoms with van der Waals surface area (Å²) in [7, 11) is 0. The van der Waals surface area contributed by atoms with Crippen LogP contribution in [-0.2, 0) is 0 Å². The third-order valence-electron chi connectivity index (χ3n) is 4.93. The number of pyridine rings is 1. The molecule has 0 saturated carbocycles. The molecule has 0 aliphatic carbocycles. The van der Waals surface area contributed by atoms with Crippen LogP contribution in [-0.4, -0.2) is 27.4 Å². The number of phenols is 1. The van der Waals surface area contributed by atoms with Gasteiger partial charge in [0, 0.05) is 18.1 Å². The molecule has 126 valence electrons. The van der Waals surface area contributed by atoms with Gasteiger partial charge in [0.15, 0.2) is 5.75 Å². The highest BCUT2D eigenvalue weighted by Crippen LogP contribution is 2.35. The first-order chi connectivity index (χ1) is 12.3. The summed E-state index contributed by atoms with van der Waals surface area (Å²) in [5, 5.41) is 11.4. The van der Waals surface area contributed by atoms with E-state index in [0.29, 0.717) is 17.6 Å². The molecule has 4 nitrogen and oxygen atoms in total. The number of fused-ring (bicyclic) bond motifs is 1. The van der Waals surface area contributed by atoms with Crippen LogP contribution >= 0.6 is 0 Å². The van der Waals surface area contributed by atoms with Crippen molar-refractivity contribution in [1.29, 1.82) is 0 Å². The molecule has 2 heterocycles. The van der Waals surface area contributed by atoms with Crippen LogP contribution in [0.2, 0.25) is 0 Å². The molecule has 0 spiro atoms. The predicted octanol–water partition coefficient (Wildman–Crippen LogP) is 4.31. The lowest BCUT2D eigenvalue weighted by atomic mass is 9.94. The first-order valence-electron chi connectivity index (χ1n) is 8.68. The molecule has 0 bridgehead atoms. The third-order valence-corrected chi connectivity index (χ3v) is 4.93. The zero-order chi connectivity index (χ0) is 17.2. The first-order valence-corrected chi connectivity index (χ1v) is 8.68. The summed E-state index contributed by atoms with van der Waals surface area (Å²) in [6.45, 7) is 0.706. The van der Waals surface area contributed by atoms with E-state index in [1.807, 2.05) is 41.3 Å². The maximum atomic E-state index is 13.2. The van der Waals surface area contributed by atoms with Crippen LogP contribution < -0.4 is 0 Å². The summed E-state index contributed by atoms with van der Waals surface area (Å²) in [6, 6.07) is 17.4. The third kappa shape index (κ3) is 2.84. The van der Waals surface area contributed by atoms with Gasteiger partial charge >= 0.3 is 0 Å². The highest BCUT2D eigenvalue weighted by molar-refractivity contribution is 6.02. The predicted molar refractivity (Wildman–Crippen MR) is 97.5 cm³/mol. The quantitative estimate of drug-likeness (QED) is 0.761. The van der Waals surface area contributed by atoms with Gasteiger partial charge in [0.25, 0.3) is 5.91 Å². The van der Waals surface area contributed by atoms with Gasteiger partial charge in [-0.3, -0.25) is 9.78 Å². The Morgan fingerprint density at radius 2 is 1.88 bits per heavy atom. The monoisotopic (exact) mass is 332 g/mol. The highest BCUT2D eigenvalue weighted by Gasteiger charge is 2.30. The Kier molecular flexibility index (Phi) is 4.10. The molecule has 1 N–H and O–H groups in total. The smallest absolute Gasteiger partial charge is 0.258 e. The van der Waals surface area contributed by atoms with Crippen molar-refractivity contribution in [2.45, 2.75) is 25.3 Å². The topological polar surface area (TPSA) is 53.4 Å². The van der Waals surface area contributed by atoms with Crippen LogP contribution in [0.4, 0.5) is 0 Å². The number of hydrogen-bond acceptors (Lipinski definition) is 3. The molecule has 0 radical (unpaired) electrons. The van der Waals surface area contributed by atoms with Crippen LogP contribution in [0.25, 0.3) is 10.9 Å². The average Bonchev–Trinajstić information content (AvgIpc) is 2.69. The second kappa shape index (κ2) is 6.55. The number of carbonyl (C=O) groups excluding carboxylic acids is 1. The summed E-state index contributed by atoms with van der Waals surface area (Å²) < 4.78 is 0. The second-order valence-corrected chi connectivity index (χ2v) is 6.46. The van der Waals surface area contributed by atoms with Crippen molar-refractivity contribution < 1.29 is 9.90 Å². The van der Waals surface area contributed by atoms with E-state index in [1.165, 1.54) is 0 Å². The van der Waals surface area contributed by atoms with E-state index in [9.17, 15) is 9.90 Å². The fourth-order valence-electron chi connectivity index (χ4n) is 3.65. The maximum absolute atomic E-state index is 13.2. The van der Waals surface area contributed by atoms with E-state index >= 15 is 0 Å². The molecular formula is C21H20N2O2. The van der Waals surface area contributed by atoms with Gasteiger partial charge < -0.3 is 10.0 Å². The van der Waals surface area contributed by atoms with Crippen molar-refractivity contribution in [3.05, 3.63) is 71.9 Å². The van der Waals surface area contributed by atoms with Crippen LogP contribution in [0.3, 0.4) is 0 Å². The normalized spacial score (nSPS) is 17.6. The highest BCUT2D eigenvalue weighted by atomic mass is 16.3. The van der Waals surface area contributed by atoms with Gasteiger partial charge in [-0.15, -0.1) is 0 Å². The molecule has 4 rings (SSSR count). The Labute approximate surface area is 146 Å². The summed E-state index contributed by atoms with van der Waals surface area (Å²) in [6.07, 6.45) is 4.67. The van der Waals surface area contributed by atoms with E-state index in [1.54, 1.807) is 12.3 Å². The Bertz CT molecular complexity index is 908. The lowest BCUT2D eigenvalue weighted by Gasteiger charge is -2.36. The number of aromatic nitrogens is 1. The Morgan fingerprint density at radius 3 is 2.72 bits per heavy atom. The van der Waals surface area contributed by atoms with Gasteiger partial charge in [0.05, 0.1) is 11.6 Å². The molecule has 1 aromatic heterocycles. The number of benzene rings is 2. The molecule has 1 saturated heterocycles. The fraction of sp³-hybridized carbons (Fsp3) is 0.238. The molecule has 1 atom stereocenters. The minimum absolute atomic E-state index is 0.0273. The number of rotatable bonds is 2. The van der Waals surface area contributed by atoms with Crippen molar-refractivity contribution in [1.82, 2.24) is 9.88 Å². The zero-order valence-electron chi connectivity index (χ0n) is 13.9. The lowest BCUT2D eigenvalue weighted by molar-refractivity contribution is 0.0609. The largest absolute Gasteiger partial charge is 0.505 e. The number of piperidine rings is 1. The first kappa shape index (κ1) is 15.6. The van der Waals surface area contributed by atoms with Crippen molar-refractivity contribution in [2.75, 3.05) is 6.54 Å². The summed E-state index contributed by atoms with van der Waals surface area (Å²) in [4.78, 5) is 19.3. The minimum atomic E-state index is -0.126. The fourth-order valence-corrected chi connectivity index (χ4v) is 3.65. The number of likely N-dealkylation sites (tertiary alicyclic amines) is 1. The standard InChI is InChI=1S/C21H20N2O2/c24-20-17(12-11-16-9-6-13-22-19(16)20)21(25)23-14-5-4-10-18(23)15-7-2-1-3-8-15/h1-3,6-9,11-13,18,24H,4-5,10,14H2. The van der Waals surface area contributed by atoms with Crippen LogP contribution in [0.15, 0.2) is 60.8 Å². The van der Waals surface area contributed by atoms with Crippen molar-refractivity contribution in [2.24, 2.45) is 0 Å². The number of nitrogens with zero attached hydrogens (tertiary/aromatic N) is 2. The SMILES string of the molecule is O=C(c1ccc2cccnc2c1O)N1CCCCC1c1ccccc1.